The average Bonchev–Trinajstić information content (AvgIpc) is 2.50. The van der Waals surface area contributed by atoms with Crippen molar-refractivity contribution in [1.29, 1.82) is 0 Å². The summed E-state index contributed by atoms with van der Waals surface area (Å²) in [5.41, 5.74) is 1.38. The Balaban J connectivity index is 1.71. The zero-order valence-electron chi connectivity index (χ0n) is 12.4. The summed E-state index contributed by atoms with van der Waals surface area (Å²) < 4.78 is 4.41. The number of quaternary nitrogens is 1. The second-order valence-corrected chi connectivity index (χ2v) is 5.60. The van der Waals surface area contributed by atoms with Crippen LogP contribution in [-0.2, 0) is 16.0 Å². The lowest BCUT2D eigenvalue weighted by Crippen LogP contribution is -3.14. The Morgan fingerprint density at radius 2 is 1.90 bits per heavy atom. The van der Waals surface area contributed by atoms with E-state index in [1.165, 1.54) is 17.6 Å². The van der Waals surface area contributed by atoms with E-state index in [1.54, 1.807) is 0 Å². The monoisotopic (exact) mass is 291 g/mol. The van der Waals surface area contributed by atoms with E-state index in [0.717, 1.165) is 32.4 Å². The van der Waals surface area contributed by atoms with E-state index in [2.05, 4.69) is 34.3 Å². The highest BCUT2D eigenvalue weighted by atomic mass is 16.5. The number of benzene rings is 1. The predicted octanol–water partition coefficient (Wildman–Crippen LogP) is 0.407. The van der Waals surface area contributed by atoms with Gasteiger partial charge in [0.15, 0.2) is 6.54 Å². The number of amides is 2. The van der Waals surface area contributed by atoms with Crippen LogP contribution >= 0.6 is 0 Å². The van der Waals surface area contributed by atoms with Gasteiger partial charge in [0.1, 0.15) is 0 Å². The van der Waals surface area contributed by atoms with Crippen LogP contribution in [0.3, 0.4) is 0 Å². The molecule has 1 saturated heterocycles. The topological polar surface area (TPSA) is 59.8 Å². The highest BCUT2D eigenvalue weighted by molar-refractivity contribution is 5.92. The summed E-state index contributed by atoms with van der Waals surface area (Å²) >= 11 is 0. The second-order valence-electron chi connectivity index (χ2n) is 5.60. The largest absolute Gasteiger partial charge is 0.453 e. The summed E-state index contributed by atoms with van der Waals surface area (Å²) in [5, 5.41) is 2.21. The zero-order chi connectivity index (χ0) is 15.1. The van der Waals surface area contributed by atoms with E-state index in [-0.39, 0.29) is 5.91 Å². The van der Waals surface area contributed by atoms with E-state index >= 15 is 0 Å². The Kier molecular flexibility index (Phi) is 5.75. The molecule has 1 heterocycles. The van der Waals surface area contributed by atoms with Crippen LogP contribution in [0, 0.1) is 5.92 Å². The van der Waals surface area contributed by atoms with Crippen molar-refractivity contribution in [2.24, 2.45) is 5.92 Å². The van der Waals surface area contributed by atoms with E-state index < -0.39 is 6.09 Å². The first-order valence-corrected chi connectivity index (χ1v) is 7.42. The number of alkyl carbamates (subject to hydrolysis) is 1. The molecule has 1 aromatic carbocycles. The second kappa shape index (κ2) is 7.78. The van der Waals surface area contributed by atoms with Crippen molar-refractivity contribution >= 4 is 12.0 Å². The number of hydrogen-bond donors (Lipinski definition) is 2. The molecule has 2 N–H and O–H groups in total. The Morgan fingerprint density at radius 3 is 2.52 bits per heavy atom. The summed E-state index contributed by atoms with van der Waals surface area (Å²) in [5.74, 6) is 0.429. The minimum absolute atomic E-state index is 0.265. The van der Waals surface area contributed by atoms with Gasteiger partial charge in [-0.3, -0.25) is 10.1 Å². The molecule has 0 atom stereocenters. The number of rotatable bonds is 4. The quantitative estimate of drug-likeness (QED) is 0.844. The van der Waals surface area contributed by atoms with Crippen molar-refractivity contribution in [3.63, 3.8) is 0 Å². The molecule has 1 aromatic rings. The minimum atomic E-state index is -0.682. The molecule has 1 fully saturated rings. The summed E-state index contributed by atoms with van der Waals surface area (Å²) in [7, 11) is 1.25. The van der Waals surface area contributed by atoms with E-state index in [0.29, 0.717) is 12.5 Å². The van der Waals surface area contributed by atoms with Gasteiger partial charge in [-0.25, -0.2) is 4.79 Å². The van der Waals surface area contributed by atoms with Crippen LogP contribution in [0.1, 0.15) is 18.4 Å². The third kappa shape index (κ3) is 5.19. The molecule has 0 radical (unpaired) electrons. The average molecular weight is 291 g/mol. The van der Waals surface area contributed by atoms with Crippen molar-refractivity contribution in [3.8, 4) is 0 Å². The fraction of sp³-hybridized carbons (Fsp3) is 0.500. The SMILES string of the molecule is COC(=O)NC(=O)C[NH+]1CCC(Cc2ccccc2)CC1. The first-order valence-electron chi connectivity index (χ1n) is 7.42. The number of nitrogens with one attached hydrogen (secondary N) is 2. The van der Waals surface area contributed by atoms with Gasteiger partial charge in [0.25, 0.3) is 5.91 Å². The smallest absolute Gasteiger partial charge is 0.413 e. The van der Waals surface area contributed by atoms with Crippen molar-refractivity contribution in [3.05, 3.63) is 35.9 Å². The standard InChI is InChI=1S/C16H22N2O3/c1-21-16(20)17-15(19)12-18-9-7-14(8-10-18)11-13-5-3-2-4-6-13/h2-6,14H,7-12H2,1H3,(H,17,19,20)/p+1. The van der Waals surface area contributed by atoms with Crippen molar-refractivity contribution in [1.82, 2.24) is 5.32 Å². The van der Waals surface area contributed by atoms with Crippen molar-refractivity contribution < 1.29 is 19.2 Å². The molecule has 5 heteroatoms. The molecular weight excluding hydrogens is 268 g/mol. The van der Waals surface area contributed by atoms with Crippen LogP contribution in [0.2, 0.25) is 0 Å². The molecular formula is C16H23N2O3+. The van der Waals surface area contributed by atoms with Crippen LogP contribution in [0.15, 0.2) is 30.3 Å². The molecule has 0 bridgehead atoms. The van der Waals surface area contributed by atoms with Crippen LogP contribution in [0.25, 0.3) is 0 Å². The maximum atomic E-state index is 11.6. The molecule has 0 aliphatic carbocycles. The van der Waals surface area contributed by atoms with Gasteiger partial charge in [-0.2, -0.15) is 0 Å². The number of carbonyl (C=O) groups is 2. The lowest BCUT2D eigenvalue weighted by atomic mass is 9.90. The van der Waals surface area contributed by atoms with Gasteiger partial charge >= 0.3 is 6.09 Å². The highest BCUT2D eigenvalue weighted by Gasteiger charge is 2.24. The van der Waals surface area contributed by atoms with Crippen LogP contribution in [-0.4, -0.2) is 38.7 Å². The third-order valence-electron chi connectivity index (χ3n) is 4.02. The molecule has 114 valence electrons. The van der Waals surface area contributed by atoms with Gasteiger partial charge in [-0.1, -0.05) is 30.3 Å². The summed E-state index contributed by atoms with van der Waals surface area (Å²) in [6.45, 7) is 2.30. The van der Waals surface area contributed by atoms with Crippen LogP contribution in [0.4, 0.5) is 4.79 Å². The predicted molar refractivity (Wildman–Crippen MR) is 79.0 cm³/mol. The van der Waals surface area contributed by atoms with Crippen molar-refractivity contribution in [2.45, 2.75) is 19.3 Å². The van der Waals surface area contributed by atoms with Gasteiger partial charge in [0, 0.05) is 0 Å². The number of hydrogen-bond acceptors (Lipinski definition) is 3. The van der Waals surface area contributed by atoms with E-state index in [1.807, 2.05) is 6.07 Å². The molecule has 5 nitrogen and oxygen atoms in total. The number of likely N-dealkylation sites (tertiary alicyclic amines) is 1. The first kappa shape index (κ1) is 15.5. The van der Waals surface area contributed by atoms with E-state index in [4.69, 9.17) is 0 Å². The highest BCUT2D eigenvalue weighted by Crippen LogP contribution is 2.16. The van der Waals surface area contributed by atoms with Gasteiger partial charge in [0.2, 0.25) is 0 Å². The van der Waals surface area contributed by atoms with Gasteiger partial charge in [-0.05, 0) is 30.7 Å². The number of imide groups is 1. The number of piperidine rings is 1. The van der Waals surface area contributed by atoms with Gasteiger partial charge < -0.3 is 9.64 Å². The number of methoxy groups -OCH3 is 1. The molecule has 0 spiro atoms. The maximum Gasteiger partial charge on any atom is 0.413 e. The molecule has 21 heavy (non-hydrogen) atoms. The first-order chi connectivity index (χ1) is 10.2. The third-order valence-corrected chi connectivity index (χ3v) is 4.02. The normalized spacial score (nSPS) is 21.6. The zero-order valence-corrected chi connectivity index (χ0v) is 12.4. The molecule has 0 aromatic heterocycles. The van der Waals surface area contributed by atoms with E-state index in [9.17, 15) is 9.59 Å². The molecule has 2 rings (SSSR count). The molecule has 0 saturated carbocycles. The molecule has 1 aliphatic heterocycles. The number of ether oxygens (including phenoxy) is 1. The minimum Gasteiger partial charge on any atom is -0.453 e. The molecule has 1 aliphatic rings. The van der Waals surface area contributed by atoms with Gasteiger partial charge in [0.05, 0.1) is 20.2 Å². The van der Waals surface area contributed by atoms with Crippen LogP contribution < -0.4 is 10.2 Å². The molecule has 2 amide bonds. The summed E-state index contributed by atoms with van der Waals surface area (Å²) in [6.07, 6.45) is 2.67. The van der Waals surface area contributed by atoms with Gasteiger partial charge in [-0.15, -0.1) is 0 Å². The number of carbonyl (C=O) groups excluding carboxylic acids is 2. The fourth-order valence-corrected chi connectivity index (χ4v) is 2.85. The summed E-state index contributed by atoms with van der Waals surface area (Å²) in [4.78, 5) is 23.8. The Morgan fingerprint density at radius 1 is 1.24 bits per heavy atom. The summed E-state index contributed by atoms with van der Waals surface area (Å²) in [6, 6.07) is 10.5. The lowest BCUT2D eigenvalue weighted by Gasteiger charge is -2.28. The Bertz CT molecular complexity index is 468. The fourth-order valence-electron chi connectivity index (χ4n) is 2.85. The molecule has 0 unspecified atom stereocenters. The Labute approximate surface area is 125 Å². The Hall–Kier alpha value is -1.88. The lowest BCUT2D eigenvalue weighted by molar-refractivity contribution is -0.898. The maximum absolute atomic E-state index is 11.6. The van der Waals surface area contributed by atoms with Crippen LogP contribution in [0.5, 0.6) is 0 Å². The van der Waals surface area contributed by atoms with Crippen molar-refractivity contribution in [2.75, 3.05) is 26.7 Å².